The summed E-state index contributed by atoms with van der Waals surface area (Å²) >= 11 is 0. The van der Waals surface area contributed by atoms with Gasteiger partial charge in [-0.3, -0.25) is 18.9 Å². The number of aromatic amines is 1. The van der Waals surface area contributed by atoms with E-state index in [4.69, 9.17) is 4.74 Å². The van der Waals surface area contributed by atoms with Crippen LogP contribution in [0.2, 0.25) is 0 Å². The Kier molecular flexibility index (Phi) is 3.78. The Balaban J connectivity index is 2.27. The van der Waals surface area contributed by atoms with Crippen LogP contribution in [0, 0.1) is 6.92 Å². The average molecular weight is 290 g/mol. The van der Waals surface area contributed by atoms with Gasteiger partial charge >= 0.3 is 13.3 Å². The summed E-state index contributed by atoms with van der Waals surface area (Å²) in [5, 5.41) is 0. The summed E-state index contributed by atoms with van der Waals surface area (Å²) in [6, 6.07) is 0. The van der Waals surface area contributed by atoms with Gasteiger partial charge in [-0.1, -0.05) is 0 Å². The molecular weight excluding hydrogens is 275 g/mol. The van der Waals surface area contributed by atoms with E-state index in [1.807, 2.05) is 0 Å². The van der Waals surface area contributed by atoms with Gasteiger partial charge in [0, 0.05) is 18.9 Å². The zero-order chi connectivity index (χ0) is 14.2. The fourth-order valence-electron chi connectivity index (χ4n) is 1.96. The molecule has 1 aliphatic rings. The van der Waals surface area contributed by atoms with E-state index in [1.165, 1.54) is 10.8 Å². The second-order valence-corrected chi connectivity index (χ2v) is 6.42. The van der Waals surface area contributed by atoms with Crippen molar-refractivity contribution in [2.24, 2.45) is 0 Å². The first-order valence-electron chi connectivity index (χ1n) is 5.71. The van der Waals surface area contributed by atoms with Crippen LogP contribution in [0.25, 0.3) is 0 Å². The molecule has 106 valence electrons. The third-order valence-electron chi connectivity index (χ3n) is 3.06. The third kappa shape index (κ3) is 2.71. The van der Waals surface area contributed by atoms with Gasteiger partial charge in [0.2, 0.25) is 0 Å². The Bertz CT molecular complexity index is 636. The normalized spacial score (nSPS) is 26.3. The molecule has 3 unspecified atom stereocenters. The van der Waals surface area contributed by atoms with Crippen molar-refractivity contribution < 1.29 is 18.7 Å². The third-order valence-corrected chi connectivity index (χ3v) is 4.69. The van der Waals surface area contributed by atoms with Gasteiger partial charge in [-0.2, -0.15) is 0 Å². The monoisotopic (exact) mass is 290 g/mol. The maximum absolute atomic E-state index is 11.7. The average Bonchev–Trinajstić information content (AvgIpc) is 2.84. The Morgan fingerprint density at radius 2 is 2.21 bits per heavy atom. The predicted octanol–water partition coefficient (Wildman–Crippen LogP) is 0.312. The fraction of sp³-hybridized carbons (Fsp3) is 0.600. The zero-order valence-electron chi connectivity index (χ0n) is 10.5. The van der Waals surface area contributed by atoms with Crippen LogP contribution < -0.4 is 11.2 Å². The van der Waals surface area contributed by atoms with Gasteiger partial charge in [0.05, 0.1) is 0 Å². The highest BCUT2D eigenvalue weighted by atomic mass is 31.2. The van der Waals surface area contributed by atoms with Gasteiger partial charge < -0.3 is 14.2 Å². The molecule has 1 aliphatic heterocycles. The molecule has 0 spiro atoms. The largest absolute Gasteiger partial charge is 0.356 e. The molecule has 1 aromatic heterocycles. The molecule has 0 radical (unpaired) electrons. The van der Waals surface area contributed by atoms with Crippen LogP contribution in [0.5, 0.6) is 0 Å². The second kappa shape index (κ2) is 5.05. The minimum Gasteiger partial charge on any atom is -0.342 e. The Hall–Kier alpha value is -1.21. The van der Waals surface area contributed by atoms with Gasteiger partial charge in [0.15, 0.2) is 5.85 Å². The van der Waals surface area contributed by atoms with Crippen LogP contribution in [0.4, 0.5) is 0 Å². The molecule has 0 aromatic carbocycles. The van der Waals surface area contributed by atoms with Crippen molar-refractivity contribution in [3.8, 4) is 0 Å². The van der Waals surface area contributed by atoms with Gasteiger partial charge in [-0.05, 0) is 19.8 Å². The van der Waals surface area contributed by atoms with Gasteiger partial charge in [0.25, 0.3) is 5.56 Å². The summed E-state index contributed by atoms with van der Waals surface area (Å²) in [6.07, 6.45) is 1.40. The second-order valence-electron chi connectivity index (χ2n) is 4.35. The molecule has 1 saturated heterocycles. The molecule has 2 heterocycles. The topological polar surface area (TPSA) is 111 Å². The smallest absolute Gasteiger partial charge is 0.342 e. The van der Waals surface area contributed by atoms with Crippen molar-refractivity contribution in [1.82, 2.24) is 9.55 Å². The van der Waals surface area contributed by atoms with Gasteiger partial charge in [0.1, 0.15) is 6.23 Å². The number of hydrogen-bond donors (Lipinski definition) is 2. The first-order valence-corrected chi connectivity index (χ1v) is 7.35. The molecule has 19 heavy (non-hydrogen) atoms. The van der Waals surface area contributed by atoms with E-state index in [2.05, 4.69) is 9.51 Å². The van der Waals surface area contributed by atoms with Crippen molar-refractivity contribution in [3.05, 3.63) is 32.6 Å². The highest BCUT2D eigenvalue weighted by Crippen LogP contribution is 2.53. The molecule has 0 saturated carbocycles. The van der Waals surface area contributed by atoms with Gasteiger partial charge in [-0.25, -0.2) is 4.79 Å². The first-order chi connectivity index (χ1) is 8.85. The lowest BCUT2D eigenvalue weighted by molar-refractivity contribution is 0.0213. The van der Waals surface area contributed by atoms with E-state index < -0.39 is 30.9 Å². The van der Waals surface area contributed by atoms with E-state index in [0.717, 1.165) is 7.11 Å². The minimum atomic E-state index is -3.82. The van der Waals surface area contributed by atoms with E-state index in [0.29, 0.717) is 18.4 Å². The number of aromatic nitrogens is 2. The van der Waals surface area contributed by atoms with E-state index in [9.17, 15) is 19.0 Å². The molecule has 3 atom stereocenters. The van der Waals surface area contributed by atoms with Crippen LogP contribution in [0.15, 0.2) is 15.8 Å². The van der Waals surface area contributed by atoms with Crippen molar-refractivity contribution >= 4 is 7.60 Å². The quantitative estimate of drug-likeness (QED) is 0.775. The predicted molar refractivity (Wildman–Crippen MR) is 66.0 cm³/mol. The maximum Gasteiger partial charge on any atom is 0.356 e. The van der Waals surface area contributed by atoms with Crippen LogP contribution in [0.1, 0.15) is 24.6 Å². The van der Waals surface area contributed by atoms with Crippen molar-refractivity contribution in [2.75, 3.05) is 7.11 Å². The number of H-pyrrole nitrogens is 1. The Morgan fingerprint density at radius 1 is 1.53 bits per heavy atom. The van der Waals surface area contributed by atoms with Crippen LogP contribution >= 0.6 is 7.60 Å². The Morgan fingerprint density at radius 3 is 2.84 bits per heavy atom. The Labute approximate surface area is 108 Å². The SMILES string of the molecule is COP(=O)(O)C1CCC(n2cc(C)c(=O)[nH]c2=O)O1. The maximum atomic E-state index is 11.7. The first kappa shape index (κ1) is 14.2. The molecule has 1 aromatic rings. The van der Waals surface area contributed by atoms with Crippen LogP contribution in [0.3, 0.4) is 0 Å². The molecule has 9 heteroatoms. The molecule has 0 bridgehead atoms. The number of nitrogens with one attached hydrogen (secondary N) is 1. The summed E-state index contributed by atoms with van der Waals surface area (Å²) in [5.74, 6) is -0.957. The number of ether oxygens (including phenoxy) is 1. The highest BCUT2D eigenvalue weighted by Gasteiger charge is 2.40. The summed E-state index contributed by atoms with van der Waals surface area (Å²) in [7, 11) is -2.69. The summed E-state index contributed by atoms with van der Waals surface area (Å²) < 4.78 is 22.7. The van der Waals surface area contributed by atoms with E-state index in [-0.39, 0.29) is 0 Å². The van der Waals surface area contributed by atoms with Crippen LogP contribution in [-0.2, 0) is 13.8 Å². The number of rotatable bonds is 3. The van der Waals surface area contributed by atoms with Crippen molar-refractivity contribution in [2.45, 2.75) is 31.8 Å². The number of nitrogens with zero attached hydrogens (tertiary/aromatic N) is 1. The fourth-order valence-corrected chi connectivity index (χ4v) is 2.97. The molecule has 2 rings (SSSR count). The molecule has 1 fully saturated rings. The number of hydrogen-bond acceptors (Lipinski definition) is 5. The lowest BCUT2D eigenvalue weighted by Gasteiger charge is -2.18. The molecule has 0 aliphatic carbocycles. The minimum absolute atomic E-state index is 0.302. The van der Waals surface area contributed by atoms with E-state index in [1.54, 1.807) is 6.92 Å². The van der Waals surface area contributed by atoms with E-state index >= 15 is 0 Å². The lowest BCUT2D eigenvalue weighted by Crippen LogP contribution is -2.33. The summed E-state index contributed by atoms with van der Waals surface area (Å²) in [6.45, 7) is 1.56. The van der Waals surface area contributed by atoms with Crippen LogP contribution in [-0.4, -0.2) is 27.4 Å². The lowest BCUT2D eigenvalue weighted by atomic mass is 10.3. The van der Waals surface area contributed by atoms with Gasteiger partial charge in [-0.15, -0.1) is 0 Å². The summed E-state index contributed by atoms with van der Waals surface area (Å²) in [4.78, 5) is 34.6. The standard InChI is InChI=1S/C10H15N2O6P/c1-6-5-12(10(14)11-9(6)13)7-3-4-8(18-7)19(15,16)17-2/h5,7-8H,3-4H2,1-2H3,(H,15,16)(H,11,13,14). The molecule has 8 nitrogen and oxygen atoms in total. The van der Waals surface area contributed by atoms with Crippen molar-refractivity contribution in [1.29, 1.82) is 0 Å². The summed E-state index contributed by atoms with van der Waals surface area (Å²) in [5.41, 5.74) is -0.697. The van der Waals surface area contributed by atoms with Crippen molar-refractivity contribution in [3.63, 3.8) is 0 Å². The highest BCUT2D eigenvalue weighted by molar-refractivity contribution is 7.53. The molecular formula is C10H15N2O6P. The molecule has 0 amide bonds. The number of aryl methyl sites for hydroxylation is 1. The molecule has 2 N–H and O–H groups in total. The zero-order valence-corrected chi connectivity index (χ0v) is 11.4.